The lowest BCUT2D eigenvalue weighted by atomic mass is 10.1. The molecule has 0 atom stereocenters. The lowest BCUT2D eigenvalue weighted by Gasteiger charge is -2.22. The first-order valence-electron chi connectivity index (χ1n) is 9.17. The van der Waals surface area contributed by atoms with Crippen LogP contribution in [0.1, 0.15) is 36.6 Å². The van der Waals surface area contributed by atoms with Gasteiger partial charge in [-0.3, -0.25) is 9.67 Å². The van der Waals surface area contributed by atoms with Crippen LogP contribution in [0.4, 0.5) is 13.2 Å². The van der Waals surface area contributed by atoms with Crippen molar-refractivity contribution in [2.45, 2.75) is 39.0 Å². The van der Waals surface area contributed by atoms with Crippen molar-refractivity contribution >= 4 is 29.9 Å². The van der Waals surface area contributed by atoms with Crippen LogP contribution in [0.15, 0.2) is 29.5 Å². The third kappa shape index (κ3) is 8.00. The summed E-state index contributed by atoms with van der Waals surface area (Å²) >= 11 is 0. The summed E-state index contributed by atoms with van der Waals surface area (Å²) in [5, 5.41) is 7.74. The van der Waals surface area contributed by atoms with Crippen molar-refractivity contribution in [1.29, 1.82) is 0 Å². The number of guanidine groups is 1. The van der Waals surface area contributed by atoms with Gasteiger partial charge in [-0.1, -0.05) is 19.9 Å². The van der Waals surface area contributed by atoms with Crippen LogP contribution in [0, 0.1) is 0 Å². The van der Waals surface area contributed by atoms with Crippen molar-refractivity contribution in [3.8, 4) is 5.88 Å². The summed E-state index contributed by atoms with van der Waals surface area (Å²) in [5.74, 6) is 0.935. The molecule has 2 aromatic heterocycles. The Morgan fingerprint density at radius 2 is 2.03 bits per heavy atom. The zero-order chi connectivity index (χ0) is 21.6. The molecular formula is C19H28F3IN6O. The Bertz CT molecular complexity index is 821. The summed E-state index contributed by atoms with van der Waals surface area (Å²) in [6.45, 7) is 3.92. The predicted octanol–water partition coefficient (Wildman–Crippen LogP) is 3.71. The van der Waals surface area contributed by atoms with Gasteiger partial charge in [-0.25, -0.2) is 4.98 Å². The Morgan fingerprint density at radius 3 is 2.57 bits per heavy atom. The topological polar surface area (TPSA) is 67.6 Å². The van der Waals surface area contributed by atoms with Gasteiger partial charge < -0.3 is 15.0 Å². The molecule has 2 rings (SSSR count). The second kappa shape index (κ2) is 11.4. The molecule has 30 heavy (non-hydrogen) atoms. The summed E-state index contributed by atoms with van der Waals surface area (Å²) in [6, 6.07) is 3.08. The number of hydrogen-bond acceptors (Lipinski definition) is 4. The standard InChI is InChI=1S/C19H27F3N6O.HI/c1-13(2)17-15(11-28(5)26-17)10-27(4)18(23-3)25-9-14-6-7-16(24-8-14)29-12-19(20,21)22;/h6-8,11,13H,9-10,12H2,1-5H3,(H,23,25);1H. The van der Waals surface area contributed by atoms with Crippen molar-refractivity contribution < 1.29 is 17.9 Å². The van der Waals surface area contributed by atoms with E-state index in [1.807, 2.05) is 29.9 Å². The third-order valence-corrected chi connectivity index (χ3v) is 4.10. The minimum Gasteiger partial charge on any atom is -0.468 e. The summed E-state index contributed by atoms with van der Waals surface area (Å²) in [7, 11) is 5.52. The molecule has 0 amide bonds. The molecule has 0 spiro atoms. The average molecular weight is 540 g/mol. The van der Waals surface area contributed by atoms with E-state index >= 15 is 0 Å². The van der Waals surface area contributed by atoms with Gasteiger partial charge in [-0.2, -0.15) is 18.3 Å². The molecule has 1 N–H and O–H groups in total. The number of aliphatic imine (C=N–C) groups is 1. The second-order valence-corrected chi connectivity index (χ2v) is 7.03. The number of nitrogens with one attached hydrogen (secondary N) is 1. The molecular weight excluding hydrogens is 512 g/mol. The van der Waals surface area contributed by atoms with Crippen LogP contribution in [0.25, 0.3) is 0 Å². The first-order valence-corrected chi connectivity index (χ1v) is 9.17. The van der Waals surface area contributed by atoms with Gasteiger partial charge in [-0.05, 0) is 11.5 Å². The second-order valence-electron chi connectivity index (χ2n) is 7.03. The normalized spacial score (nSPS) is 12.0. The molecule has 0 unspecified atom stereocenters. The molecule has 0 fully saturated rings. The van der Waals surface area contributed by atoms with Crippen LogP contribution in [0.5, 0.6) is 5.88 Å². The van der Waals surface area contributed by atoms with Crippen molar-refractivity contribution in [1.82, 2.24) is 25.0 Å². The molecule has 0 aliphatic rings. The molecule has 2 aromatic rings. The van der Waals surface area contributed by atoms with Crippen LogP contribution in [-0.2, 0) is 20.1 Å². The maximum absolute atomic E-state index is 12.2. The molecule has 0 aliphatic carbocycles. The summed E-state index contributed by atoms with van der Waals surface area (Å²) in [5.41, 5.74) is 2.97. The Hall–Kier alpha value is -2.05. The lowest BCUT2D eigenvalue weighted by molar-refractivity contribution is -0.154. The fourth-order valence-electron chi connectivity index (χ4n) is 2.82. The number of halogens is 4. The van der Waals surface area contributed by atoms with Crippen LogP contribution < -0.4 is 10.1 Å². The molecule has 0 aliphatic heterocycles. The van der Waals surface area contributed by atoms with E-state index < -0.39 is 12.8 Å². The van der Waals surface area contributed by atoms with Gasteiger partial charge in [-0.15, -0.1) is 24.0 Å². The Kier molecular flexibility index (Phi) is 9.85. The number of alkyl halides is 3. The molecule has 7 nitrogen and oxygen atoms in total. The Balaban J connectivity index is 0.00000450. The van der Waals surface area contributed by atoms with Crippen LogP contribution >= 0.6 is 24.0 Å². The molecule has 2 heterocycles. The zero-order valence-corrected chi connectivity index (χ0v) is 20.0. The predicted molar refractivity (Wildman–Crippen MR) is 120 cm³/mol. The minimum atomic E-state index is -4.39. The Morgan fingerprint density at radius 1 is 1.33 bits per heavy atom. The van der Waals surface area contributed by atoms with Gasteiger partial charge in [0.25, 0.3) is 0 Å². The van der Waals surface area contributed by atoms with Crippen molar-refractivity contribution in [3.63, 3.8) is 0 Å². The van der Waals surface area contributed by atoms with Crippen LogP contribution in [-0.4, -0.2) is 52.5 Å². The largest absolute Gasteiger partial charge is 0.468 e. The molecule has 0 aromatic carbocycles. The van der Waals surface area contributed by atoms with E-state index in [1.165, 1.54) is 12.3 Å². The number of rotatable bonds is 7. The molecule has 11 heteroatoms. The van der Waals surface area contributed by atoms with E-state index in [0.29, 0.717) is 25.0 Å². The van der Waals surface area contributed by atoms with Crippen molar-refractivity contribution in [2.75, 3.05) is 20.7 Å². The highest BCUT2D eigenvalue weighted by atomic mass is 127. The van der Waals surface area contributed by atoms with E-state index in [9.17, 15) is 13.2 Å². The smallest absolute Gasteiger partial charge is 0.422 e. The highest BCUT2D eigenvalue weighted by Crippen LogP contribution is 2.19. The van der Waals surface area contributed by atoms with E-state index in [1.54, 1.807) is 13.1 Å². The number of hydrogen-bond donors (Lipinski definition) is 1. The van der Waals surface area contributed by atoms with Crippen LogP contribution in [0.3, 0.4) is 0 Å². The fourth-order valence-corrected chi connectivity index (χ4v) is 2.82. The molecule has 0 bridgehead atoms. The van der Waals surface area contributed by atoms with E-state index in [4.69, 9.17) is 0 Å². The number of pyridine rings is 1. The third-order valence-electron chi connectivity index (χ3n) is 4.10. The quantitative estimate of drug-likeness (QED) is 0.330. The van der Waals surface area contributed by atoms with Gasteiger partial charge in [0.15, 0.2) is 12.6 Å². The van der Waals surface area contributed by atoms with Gasteiger partial charge in [0.05, 0.1) is 5.69 Å². The van der Waals surface area contributed by atoms with E-state index in [0.717, 1.165) is 16.8 Å². The first kappa shape index (κ1) is 26.0. The van der Waals surface area contributed by atoms with Gasteiger partial charge >= 0.3 is 6.18 Å². The number of aryl methyl sites for hydroxylation is 1. The maximum Gasteiger partial charge on any atom is 0.422 e. The number of aromatic nitrogens is 3. The number of ether oxygens (including phenoxy) is 1. The average Bonchev–Trinajstić information content (AvgIpc) is 3.01. The maximum atomic E-state index is 12.2. The fraction of sp³-hybridized carbons (Fsp3) is 0.526. The summed E-state index contributed by atoms with van der Waals surface area (Å²) in [4.78, 5) is 10.2. The van der Waals surface area contributed by atoms with Crippen LogP contribution in [0.2, 0.25) is 0 Å². The molecule has 0 radical (unpaired) electrons. The highest BCUT2D eigenvalue weighted by molar-refractivity contribution is 14.0. The molecule has 168 valence electrons. The number of nitrogens with zero attached hydrogens (tertiary/aromatic N) is 5. The monoisotopic (exact) mass is 540 g/mol. The van der Waals surface area contributed by atoms with E-state index in [-0.39, 0.29) is 29.9 Å². The first-order chi connectivity index (χ1) is 13.6. The van der Waals surface area contributed by atoms with Crippen molar-refractivity contribution in [3.05, 3.63) is 41.3 Å². The molecule has 0 saturated heterocycles. The summed E-state index contributed by atoms with van der Waals surface area (Å²) in [6.07, 6.45) is -0.907. The Labute approximate surface area is 191 Å². The zero-order valence-electron chi connectivity index (χ0n) is 17.7. The SMILES string of the molecule is CN=C(NCc1ccc(OCC(F)(F)F)nc1)N(C)Cc1cn(C)nc1C(C)C.I. The van der Waals surface area contributed by atoms with Crippen molar-refractivity contribution in [2.24, 2.45) is 12.0 Å². The summed E-state index contributed by atoms with van der Waals surface area (Å²) < 4.78 is 43.0. The minimum absolute atomic E-state index is 0. The highest BCUT2D eigenvalue weighted by Gasteiger charge is 2.28. The molecule has 0 saturated carbocycles. The van der Waals surface area contributed by atoms with Gasteiger partial charge in [0.2, 0.25) is 5.88 Å². The van der Waals surface area contributed by atoms with Gasteiger partial charge in [0.1, 0.15) is 0 Å². The van der Waals surface area contributed by atoms with E-state index in [2.05, 4.69) is 39.0 Å². The lowest BCUT2D eigenvalue weighted by Crippen LogP contribution is -2.38. The van der Waals surface area contributed by atoms with Gasteiger partial charge in [0, 0.05) is 58.3 Å².